The zero-order valence-corrected chi connectivity index (χ0v) is 18.2. The largest absolute Gasteiger partial charge is 0.449 e. The van der Waals surface area contributed by atoms with Gasteiger partial charge in [-0.2, -0.15) is 0 Å². The maximum atomic E-state index is 12.3. The highest BCUT2D eigenvalue weighted by atomic mass is 79.9. The topological polar surface area (TPSA) is 67.4 Å². The molecule has 0 aromatic heterocycles. The maximum absolute atomic E-state index is 12.3. The monoisotopic (exact) mass is 458 g/mol. The lowest BCUT2D eigenvalue weighted by Crippen LogP contribution is -2.34. The van der Waals surface area contributed by atoms with E-state index in [9.17, 15) is 9.59 Å². The molecule has 0 saturated carbocycles. The second kappa shape index (κ2) is 10.4. The first-order valence-electron chi connectivity index (χ1n) is 10.0. The lowest BCUT2D eigenvalue weighted by atomic mass is 9.98. The number of nitrogens with one attached hydrogen (secondary N) is 2. The number of carbonyl (C=O) groups is 2. The van der Waals surface area contributed by atoms with Gasteiger partial charge in [-0.15, -0.1) is 0 Å². The van der Waals surface area contributed by atoms with E-state index in [0.717, 1.165) is 18.2 Å². The van der Waals surface area contributed by atoms with Gasteiger partial charge in [0.05, 0.1) is 0 Å². The van der Waals surface area contributed by atoms with Crippen LogP contribution in [0.1, 0.15) is 43.2 Å². The molecule has 0 heterocycles. The van der Waals surface area contributed by atoms with E-state index in [1.807, 2.05) is 31.2 Å². The number of benzene rings is 2. The fraction of sp³-hybridized carbons (Fsp3) is 0.391. The molecule has 0 radical (unpaired) electrons. The van der Waals surface area contributed by atoms with Crippen LogP contribution in [0, 0.1) is 0 Å². The van der Waals surface area contributed by atoms with Gasteiger partial charge in [0.15, 0.2) is 0 Å². The van der Waals surface area contributed by atoms with Crippen molar-refractivity contribution >= 4 is 27.9 Å². The van der Waals surface area contributed by atoms with E-state index in [-0.39, 0.29) is 17.9 Å². The van der Waals surface area contributed by atoms with Crippen LogP contribution in [0.25, 0.3) is 11.1 Å². The van der Waals surface area contributed by atoms with Gasteiger partial charge < -0.3 is 15.4 Å². The quantitative estimate of drug-likeness (QED) is 0.539. The predicted octanol–water partition coefficient (Wildman–Crippen LogP) is 4.60. The van der Waals surface area contributed by atoms with Crippen molar-refractivity contribution in [3.05, 3.63) is 59.7 Å². The normalized spacial score (nSPS) is 13.3. The Morgan fingerprint density at radius 3 is 2.31 bits per heavy atom. The van der Waals surface area contributed by atoms with Crippen LogP contribution in [0.2, 0.25) is 0 Å². The first kappa shape index (κ1) is 21.4. The van der Waals surface area contributed by atoms with Crippen LogP contribution in [-0.4, -0.2) is 36.5 Å². The summed E-state index contributed by atoms with van der Waals surface area (Å²) in [5.41, 5.74) is 4.82. The van der Waals surface area contributed by atoms with E-state index in [2.05, 4.69) is 50.8 Å². The Kier molecular flexibility index (Phi) is 7.69. The summed E-state index contributed by atoms with van der Waals surface area (Å²) >= 11 is 3.28. The van der Waals surface area contributed by atoms with E-state index in [0.29, 0.717) is 19.6 Å². The fourth-order valence-electron chi connectivity index (χ4n) is 3.76. The third kappa shape index (κ3) is 5.60. The third-order valence-corrected chi connectivity index (χ3v) is 5.56. The number of carbonyl (C=O) groups excluding carboxylic acids is 2. The van der Waals surface area contributed by atoms with E-state index in [1.165, 1.54) is 22.3 Å². The Hall–Kier alpha value is -2.34. The Labute approximate surface area is 180 Å². The van der Waals surface area contributed by atoms with Crippen molar-refractivity contribution in [1.29, 1.82) is 0 Å². The number of alkyl halides is 1. The average Bonchev–Trinajstić information content (AvgIpc) is 3.04. The van der Waals surface area contributed by atoms with Crippen LogP contribution in [0.3, 0.4) is 0 Å². The summed E-state index contributed by atoms with van der Waals surface area (Å²) < 4.78 is 5.56. The lowest BCUT2D eigenvalue weighted by Gasteiger charge is -2.17. The molecule has 0 aliphatic heterocycles. The molecule has 2 N–H and O–H groups in total. The van der Waals surface area contributed by atoms with Crippen molar-refractivity contribution in [1.82, 2.24) is 10.6 Å². The molecule has 1 unspecified atom stereocenters. The molecular formula is C23H27BrN2O3. The van der Waals surface area contributed by atoms with Crippen LogP contribution < -0.4 is 10.6 Å². The highest BCUT2D eigenvalue weighted by molar-refractivity contribution is 9.09. The Morgan fingerprint density at radius 2 is 1.69 bits per heavy atom. The van der Waals surface area contributed by atoms with Crippen molar-refractivity contribution in [2.75, 3.05) is 18.5 Å². The minimum Gasteiger partial charge on any atom is -0.449 e. The summed E-state index contributed by atoms with van der Waals surface area (Å²) in [5, 5.41) is 6.43. The molecule has 2 amide bonds. The Morgan fingerprint density at radius 1 is 1.07 bits per heavy atom. The molecule has 2 aromatic carbocycles. The summed E-state index contributed by atoms with van der Waals surface area (Å²) in [6.45, 7) is 2.87. The van der Waals surface area contributed by atoms with Crippen LogP contribution in [0.5, 0.6) is 0 Å². The van der Waals surface area contributed by atoms with Crippen LogP contribution >= 0.6 is 15.9 Å². The first-order valence-corrected chi connectivity index (χ1v) is 11.2. The number of ether oxygens (including phenoxy) is 1. The molecule has 1 aliphatic carbocycles. The van der Waals surface area contributed by atoms with Gasteiger partial charge in [0.2, 0.25) is 5.91 Å². The number of hydrogen-bond donors (Lipinski definition) is 2. The summed E-state index contributed by atoms with van der Waals surface area (Å²) in [6, 6.07) is 16.5. The van der Waals surface area contributed by atoms with Gasteiger partial charge in [-0.05, 0) is 42.0 Å². The molecule has 5 nitrogen and oxygen atoms in total. The molecule has 0 fully saturated rings. The first-order chi connectivity index (χ1) is 14.1. The number of rotatable bonds is 9. The Bertz CT molecular complexity index is 810. The van der Waals surface area contributed by atoms with Crippen molar-refractivity contribution in [3.63, 3.8) is 0 Å². The van der Waals surface area contributed by atoms with E-state index < -0.39 is 6.09 Å². The average molecular weight is 459 g/mol. The smallest absolute Gasteiger partial charge is 0.407 e. The summed E-state index contributed by atoms with van der Waals surface area (Å²) in [5.74, 6) is 0.0966. The molecule has 6 heteroatoms. The molecule has 154 valence electrons. The van der Waals surface area contributed by atoms with Gasteiger partial charge in [-0.25, -0.2) is 4.79 Å². The standard InChI is InChI=1S/C23H27BrN2O3/c1-16(7-6-12-22(27)25-14-13-24)26-23(28)29-15-21-19-10-4-2-8-17(19)18-9-3-5-11-20(18)21/h2-5,8-11,16,21H,6-7,12-15H2,1H3,(H,25,27)(H,26,28). The molecule has 29 heavy (non-hydrogen) atoms. The number of hydrogen-bond acceptors (Lipinski definition) is 3. The zero-order chi connectivity index (χ0) is 20.6. The zero-order valence-electron chi connectivity index (χ0n) is 16.6. The van der Waals surface area contributed by atoms with E-state index in [4.69, 9.17) is 4.74 Å². The number of halogens is 1. The molecule has 0 saturated heterocycles. The van der Waals surface area contributed by atoms with Crippen molar-refractivity contribution in [2.24, 2.45) is 0 Å². The van der Waals surface area contributed by atoms with E-state index >= 15 is 0 Å². The molecule has 1 atom stereocenters. The van der Waals surface area contributed by atoms with Gasteiger partial charge in [0, 0.05) is 30.3 Å². The molecule has 0 bridgehead atoms. The highest BCUT2D eigenvalue weighted by Gasteiger charge is 2.29. The van der Waals surface area contributed by atoms with Gasteiger partial charge in [0.1, 0.15) is 6.61 Å². The van der Waals surface area contributed by atoms with Crippen molar-refractivity contribution in [2.45, 2.75) is 38.1 Å². The third-order valence-electron chi connectivity index (χ3n) is 5.17. The number of fused-ring (bicyclic) bond motifs is 3. The molecule has 0 spiro atoms. The van der Waals surface area contributed by atoms with Crippen LogP contribution in [-0.2, 0) is 9.53 Å². The van der Waals surface area contributed by atoms with Crippen LogP contribution in [0.15, 0.2) is 48.5 Å². The maximum Gasteiger partial charge on any atom is 0.407 e. The summed E-state index contributed by atoms with van der Waals surface area (Å²) in [7, 11) is 0. The van der Waals surface area contributed by atoms with E-state index in [1.54, 1.807) is 0 Å². The van der Waals surface area contributed by atoms with Gasteiger partial charge in [-0.1, -0.05) is 64.5 Å². The SMILES string of the molecule is CC(CCCC(=O)NCCBr)NC(=O)OCC1c2ccccc2-c2ccccc21. The van der Waals surface area contributed by atoms with Crippen molar-refractivity contribution in [3.8, 4) is 11.1 Å². The highest BCUT2D eigenvalue weighted by Crippen LogP contribution is 2.44. The summed E-state index contributed by atoms with van der Waals surface area (Å²) in [6.07, 6.45) is 1.50. The number of alkyl carbamates (subject to hydrolysis) is 1. The molecule has 2 aromatic rings. The van der Waals surface area contributed by atoms with Crippen LogP contribution in [0.4, 0.5) is 4.79 Å². The van der Waals surface area contributed by atoms with Crippen molar-refractivity contribution < 1.29 is 14.3 Å². The van der Waals surface area contributed by atoms with Gasteiger partial charge in [-0.3, -0.25) is 4.79 Å². The number of amides is 2. The predicted molar refractivity (Wildman–Crippen MR) is 118 cm³/mol. The second-order valence-corrected chi connectivity index (χ2v) is 8.10. The molecule has 3 rings (SSSR count). The molecule has 1 aliphatic rings. The minimum atomic E-state index is -0.414. The van der Waals surface area contributed by atoms with Gasteiger partial charge in [0.25, 0.3) is 0 Å². The fourth-order valence-corrected chi connectivity index (χ4v) is 3.96. The summed E-state index contributed by atoms with van der Waals surface area (Å²) in [4.78, 5) is 23.9. The molecular weight excluding hydrogens is 432 g/mol. The Balaban J connectivity index is 1.47. The van der Waals surface area contributed by atoms with Gasteiger partial charge >= 0.3 is 6.09 Å². The second-order valence-electron chi connectivity index (χ2n) is 7.30. The minimum absolute atomic E-state index is 0.0396. The lowest BCUT2D eigenvalue weighted by molar-refractivity contribution is -0.121.